The molecule has 1 fully saturated rings. The Bertz CT molecular complexity index is 647. The van der Waals surface area contributed by atoms with Crippen LogP contribution in [0.1, 0.15) is 37.0 Å². The zero-order valence-corrected chi connectivity index (χ0v) is 13.3. The Morgan fingerprint density at radius 2 is 2.14 bits per heavy atom. The molecule has 0 heterocycles. The van der Waals surface area contributed by atoms with Gasteiger partial charge in [0.1, 0.15) is 5.54 Å². The lowest BCUT2D eigenvalue weighted by Crippen LogP contribution is -2.48. The van der Waals surface area contributed by atoms with Gasteiger partial charge in [0, 0.05) is 22.6 Å². The molecule has 1 aliphatic rings. The molecule has 1 aromatic rings. The van der Waals surface area contributed by atoms with Gasteiger partial charge in [-0.1, -0.05) is 0 Å². The highest BCUT2D eigenvalue weighted by Crippen LogP contribution is 2.35. The molecule has 0 aromatic heterocycles. The molecule has 0 atom stereocenters. The number of benzene rings is 1. The maximum atomic E-state index is 12.7. The van der Waals surface area contributed by atoms with E-state index in [9.17, 15) is 20.2 Å². The largest absolute Gasteiger partial charge is 0.317 e. The van der Waals surface area contributed by atoms with Gasteiger partial charge in [-0.2, -0.15) is 5.26 Å². The van der Waals surface area contributed by atoms with E-state index in [4.69, 9.17) is 0 Å². The van der Waals surface area contributed by atoms with E-state index >= 15 is 0 Å². The number of rotatable bonds is 4. The Labute approximate surface area is 130 Å². The third-order valence-electron chi connectivity index (χ3n) is 3.40. The molecule has 0 bridgehead atoms. The van der Waals surface area contributed by atoms with Crippen molar-refractivity contribution in [3.63, 3.8) is 0 Å². The van der Waals surface area contributed by atoms with Crippen LogP contribution in [0, 0.1) is 21.4 Å². The van der Waals surface area contributed by atoms with Gasteiger partial charge in [0.15, 0.2) is 0 Å². The molecule has 21 heavy (non-hydrogen) atoms. The lowest BCUT2D eigenvalue weighted by molar-refractivity contribution is -0.384. The summed E-state index contributed by atoms with van der Waals surface area (Å²) in [5, 5.41) is 20.2. The van der Waals surface area contributed by atoms with E-state index in [1.807, 2.05) is 0 Å². The van der Waals surface area contributed by atoms with E-state index in [2.05, 4.69) is 22.0 Å². The molecule has 0 spiro atoms. The molecule has 6 nitrogen and oxygen atoms in total. The lowest BCUT2D eigenvalue weighted by atomic mass is 10.0. The van der Waals surface area contributed by atoms with Gasteiger partial charge in [-0.3, -0.25) is 14.9 Å². The summed E-state index contributed by atoms with van der Waals surface area (Å²) in [4.78, 5) is 24.6. The highest BCUT2D eigenvalue weighted by Gasteiger charge is 2.42. The molecule has 0 saturated heterocycles. The standard InChI is InChI=1S/C14H14BrN3O3/c1-14(2,8-16)17(9-3-4-9)13(19)11-7-10(18(20)21)5-6-12(11)15/h5-7,9H,3-4H2,1-2H3. The maximum absolute atomic E-state index is 12.7. The Morgan fingerprint density at radius 1 is 1.52 bits per heavy atom. The van der Waals surface area contributed by atoms with E-state index in [1.165, 1.54) is 23.1 Å². The minimum Gasteiger partial charge on any atom is -0.317 e. The first-order valence-electron chi connectivity index (χ1n) is 6.47. The number of carbonyl (C=O) groups excluding carboxylic acids is 1. The molecule has 0 unspecified atom stereocenters. The third-order valence-corrected chi connectivity index (χ3v) is 4.09. The number of hydrogen-bond acceptors (Lipinski definition) is 4. The molecule has 1 aromatic carbocycles. The van der Waals surface area contributed by atoms with Crippen LogP contribution in [0.5, 0.6) is 0 Å². The number of nitrogens with zero attached hydrogens (tertiary/aromatic N) is 3. The topological polar surface area (TPSA) is 87.2 Å². The minimum absolute atomic E-state index is 0.0262. The highest BCUT2D eigenvalue weighted by molar-refractivity contribution is 9.10. The number of hydrogen-bond donors (Lipinski definition) is 0. The lowest BCUT2D eigenvalue weighted by Gasteiger charge is -2.33. The Morgan fingerprint density at radius 3 is 2.62 bits per heavy atom. The maximum Gasteiger partial charge on any atom is 0.270 e. The van der Waals surface area contributed by atoms with Crippen LogP contribution in [0.25, 0.3) is 0 Å². The van der Waals surface area contributed by atoms with Crippen LogP contribution < -0.4 is 0 Å². The smallest absolute Gasteiger partial charge is 0.270 e. The van der Waals surface area contributed by atoms with Gasteiger partial charge in [0.25, 0.3) is 11.6 Å². The predicted molar refractivity (Wildman–Crippen MR) is 79.7 cm³/mol. The highest BCUT2D eigenvalue weighted by atomic mass is 79.9. The fourth-order valence-corrected chi connectivity index (χ4v) is 2.60. The summed E-state index contributed by atoms with van der Waals surface area (Å²) in [7, 11) is 0. The van der Waals surface area contributed by atoms with Gasteiger partial charge >= 0.3 is 0 Å². The Hall–Kier alpha value is -1.94. The van der Waals surface area contributed by atoms with Crippen molar-refractivity contribution in [3.05, 3.63) is 38.3 Å². The predicted octanol–water partition coefficient (Wildman–Crippen LogP) is 3.26. The number of nitro benzene ring substituents is 1. The van der Waals surface area contributed by atoms with Crippen LogP contribution in [0.4, 0.5) is 5.69 Å². The van der Waals surface area contributed by atoms with Crippen LogP contribution >= 0.6 is 15.9 Å². The number of amides is 1. The number of carbonyl (C=O) groups is 1. The van der Waals surface area contributed by atoms with Crippen molar-refractivity contribution < 1.29 is 9.72 Å². The van der Waals surface area contributed by atoms with Crippen LogP contribution in [-0.2, 0) is 0 Å². The molecular weight excluding hydrogens is 338 g/mol. The number of non-ortho nitro benzene ring substituents is 1. The van der Waals surface area contributed by atoms with Gasteiger partial charge < -0.3 is 4.90 Å². The summed E-state index contributed by atoms with van der Waals surface area (Å²) < 4.78 is 0.484. The molecule has 2 rings (SSSR count). The zero-order chi connectivity index (χ0) is 15.8. The van der Waals surface area contributed by atoms with Crippen LogP contribution in [0.15, 0.2) is 22.7 Å². The second kappa shape index (κ2) is 5.45. The first-order chi connectivity index (χ1) is 9.77. The van der Waals surface area contributed by atoms with Gasteiger partial charge in [0.05, 0.1) is 16.6 Å². The van der Waals surface area contributed by atoms with Crippen molar-refractivity contribution in [2.75, 3.05) is 0 Å². The molecule has 7 heteroatoms. The van der Waals surface area contributed by atoms with Crippen LogP contribution in [0.3, 0.4) is 0 Å². The summed E-state index contributed by atoms with van der Waals surface area (Å²) in [6, 6.07) is 6.21. The molecule has 1 saturated carbocycles. The van der Waals surface area contributed by atoms with Crippen molar-refractivity contribution >= 4 is 27.5 Å². The molecule has 1 amide bonds. The zero-order valence-electron chi connectivity index (χ0n) is 11.7. The quantitative estimate of drug-likeness (QED) is 0.615. The summed E-state index contributed by atoms with van der Waals surface area (Å²) in [6.07, 6.45) is 1.70. The van der Waals surface area contributed by atoms with Gasteiger partial charge in [-0.25, -0.2) is 0 Å². The van der Waals surface area contributed by atoms with Crippen LogP contribution in [0.2, 0.25) is 0 Å². The van der Waals surface area contributed by atoms with Gasteiger partial charge in [-0.05, 0) is 48.7 Å². The molecule has 0 N–H and O–H groups in total. The van der Waals surface area contributed by atoms with Gasteiger partial charge in [-0.15, -0.1) is 0 Å². The third kappa shape index (κ3) is 3.05. The SMILES string of the molecule is CC(C)(C#N)N(C(=O)c1cc([N+](=O)[O-])ccc1Br)C1CC1. The Balaban J connectivity index is 2.45. The van der Waals surface area contributed by atoms with Crippen molar-refractivity contribution in [2.24, 2.45) is 0 Å². The van der Waals surface area contributed by atoms with Crippen molar-refractivity contribution in [1.29, 1.82) is 5.26 Å². The summed E-state index contributed by atoms with van der Waals surface area (Å²) in [5.74, 6) is -0.361. The van der Waals surface area contributed by atoms with E-state index in [-0.39, 0.29) is 23.2 Å². The second-order valence-electron chi connectivity index (χ2n) is 5.50. The average molecular weight is 352 g/mol. The summed E-state index contributed by atoms with van der Waals surface area (Å²) in [6.45, 7) is 3.35. The van der Waals surface area contributed by atoms with Crippen molar-refractivity contribution in [1.82, 2.24) is 4.90 Å². The van der Waals surface area contributed by atoms with E-state index in [0.717, 1.165) is 12.8 Å². The minimum atomic E-state index is -0.956. The summed E-state index contributed by atoms with van der Waals surface area (Å²) >= 11 is 3.25. The fraction of sp³-hybridized carbons (Fsp3) is 0.429. The fourth-order valence-electron chi connectivity index (χ4n) is 2.18. The van der Waals surface area contributed by atoms with E-state index in [0.29, 0.717) is 4.47 Å². The number of nitro groups is 1. The monoisotopic (exact) mass is 351 g/mol. The van der Waals surface area contributed by atoms with Crippen LogP contribution in [-0.4, -0.2) is 27.3 Å². The average Bonchev–Trinajstić information content (AvgIpc) is 3.23. The summed E-state index contributed by atoms with van der Waals surface area (Å²) in [5.41, 5.74) is -0.894. The number of nitriles is 1. The first-order valence-corrected chi connectivity index (χ1v) is 7.26. The van der Waals surface area contributed by atoms with E-state index in [1.54, 1.807) is 13.8 Å². The normalized spacial score (nSPS) is 14.4. The number of halogens is 1. The molecule has 110 valence electrons. The van der Waals surface area contributed by atoms with Crippen molar-refractivity contribution in [2.45, 2.75) is 38.3 Å². The van der Waals surface area contributed by atoms with Gasteiger partial charge in [0.2, 0.25) is 0 Å². The molecule has 0 radical (unpaired) electrons. The first kappa shape index (κ1) is 15.4. The molecular formula is C14H14BrN3O3. The second-order valence-corrected chi connectivity index (χ2v) is 6.35. The Kier molecular flexibility index (Phi) is 4.01. The molecule has 0 aliphatic heterocycles. The van der Waals surface area contributed by atoms with Crippen molar-refractivity contribution in [3.8, 4) is 6.07 Å². The van der Waals surface area contributed by atoms with E-state index < -0.39 is 10.5 Å². The molecule has 1 aliphatic carbocycles.